The summed E-state index contributed by atoms with van der Waals surface area (Å²) in [5.41, 5.74) is 3.53. The number of hydrogen-bond acceptors (Lipinski definition) is 2. The molecule has 0 bridgehead atoms. The van der Waals surface area contributed by atoms with Crippen molar-refractivity contribution in [2.75, 3.05) is 0 Å². The number of carbonyl (C=O) groups is 1. The van der Waals surface area contributed by atoms with E-state index in [2.05, 4.69) is 23.5 Å². The second-order valence-electron chi connectivity index (χ2n) is 8.33. The van der Waals surface area contributed by atoms with Crippen molar-refractivity contribution >= 4 is 28.3 Å². The van der Waals surface area contributed by atoms with Gasteiger partial charge in [0.05, 0.1) is 5.69 Å². The molecule has 1 aliphatic carbocycles. The molecule has 1 heterocycles. The average Bonchev–Trinajstić information content (AvgIpc) is 3.61. The van der Waals surface area contributed by atoms with Crippen LogP contribution in [0.4, 0.5) is 0 Å². The lowest BCUT2D eigenvalue weighted by molar-refractivity contribution is -0.121. The Balaban J connectivity index is 1.40. The van der Waals surface area contributed by atoms with E-state index < -0.39 is 0 Å². The summed E-state index contributed by atoms with van der Waals surface area (Å²) in [5.74, 6) is -0.182. The van der Waals surface area contributed by atoms with E-state index in [-0.39, 0.29) is 24.2 Å². The van der Waals surface area contributed by atoms with Crippen LogP contribution in [0.5, 0.6) is 0 Å². The van der Waals surface area contributed by atoms with Gasteiger partial charge in [-0.2, -0.15) is 0 Å². The Bertz CT molecular complexity index is 1360. The van der Waals surface area contributed by atoms with Crippen LogP contribution in [-0.4, -0.2) is 15.0 Å². The number of amides is 1. The van der Waals surface area contributed by atoms with Crippen LogP contribution in [-0.2, 0) is 17.9 Å². The van der Waals surface area contributed by atoms with Gasteiger partial charge in [0.2, 0.25) is 5.91 Å². The summed E-state index contributed by atoms with van der Waals surface area (Å²) in [7, 11) is 0. The molecule has 1 amide bonds. The summed E-state index contributed by atoms with van der Waals surface area (Å²) in [5, 5.41) is 5.90. The first kappa shape index (κ1) is 20.6. The van der Waals surface area contributed by atoms with Crippen LogP contribution in [0.25, 0.3) is 22.0 Å². The van der Waals surface area contributed by atoms with Gasteiger partial charge in [-0.05, 0) is 48.2 Å². The molecule has 3 aromatic carbocycles. The number of carbonyl (C=O) groups excluding carboxylic acids is 1. The first-order valence-corrected chi connectivity index (χ1v) is 11.2. The standard InChI is InChI=1S/C26H24ClN3O2/c1-17-25(19-9-11-21(27)12-10-19)30(22-13-14-22)26(32)29(17)16-24(31)28-15-20-7-4-6-18-5-2-3-8-23(18)20/h2-12,22H,13-16H2,1H3,(H,28,31). The van der Waals surface area contributed by atoms with Gasteiger partial charge in [-0.1, -0.05) is 66.2 Å². The molecular formula is C26H24ClN3O2. The highest BCUT2D eigenvalue weighted by Gasteiger charge is 2.31. The van der Waals surface area contributed by atoms with Gasteiger partial charge in [0.25, 0.3) is 0 Å². The summed E-state index contributed by atoms with van der Waals surface area (Å²) in [6.07, 6.45) is 1.97. The van der Waals surface area contributed by atoms with Crippen LogP contribution in [0.1, 0.15) is 30.1 Å². The van der Waals surface area contributed by atoms with E-state index in [1.165, 1.54) is 0 Å². The molecule has 0 atom stereocenters. The van der Waals surface area contributed by atoms with Crippen molar-refractivity contribution in [3.05, 3.63) is 93.5 Å². The van der Waals surface area contributed by atoms with Crippen LogP contribution >= 0.6 is 11.6 Å². The number of benzene rings is 3. The largest absolute Gasteiger partial charge is 0.350 e. The lowest BCUT2D eigenvalue weighted by Gasteiger charge is -2.10. The van der Waals surface area contributed by atoms with Crippen molar-refractivity contribution in [2.24, 2.45) is 0 Å². The first-order chi connectivity index (χ1) is 15.5. The molecule has 32 heavy (non-hydrogen) atoms. The average molecular weight is 446 g/mol. The fraction of sp³-hybridized carbons (Fsp3) is 0.231. The first-order valence-electron chi connectivity index (χ1n) is 10.8. The Labute approximate surface area is 191 Å². The Morgan fingerprint density at radius 1 is 1.03 bits per heavy atom. The van der Waals surface area contributed by atoms with Crippen molar-refractivity contribution in [1.29, 1.82) is 0 Å². The Kier molecular flexibility index (Phi) is 5.35. The minimum absolute atomic E-state index is 0.00422. The van der Waals surface area contributed by atoms with Crippen molar-refractivity contribution in [3.63, 3.8) is 0 Å². The lowest BCUT2D eigenvalue weighted by atomic mass is 10.0. The normalized spacial score (nSPS) is 13.4. The number of rotatable bonds is 6. The second-order valence-corrected chi connectivity index (χ2v) is 8.76. The van der Waals surface area contributed by atoms with Gasteiger partial charge >= 0.3 is 5.69 Å². The zero-order valence-electron chi connectivity index (χ0n) is 17.8. The Hall–Kier alpha value is -3.31. The highest BCUT2D eigenvalue weighted by atomic mass is 35.5. The number of halogens is 1. The molecule has 1 aromatic heterocycles. The molecule has 1 saturated carbocycles. The highest BCUT2D eigenvalue weighted by molar-refractivity contribution is 6.30. The van der Waals surface area contributed by atoms with E-state index in [0.29, 0.717) is 11.6 Å². The molecule has 5 rings (SSSR count). The van der Waals surface area contributed by atoms with Gasteiger partial charge in [-0.3, -0.25) is 13.9 Å². The molecule has 0 radical (unpaired) electrons. The SMILES string of the molecule is Cc1c(-c2ccc(Cl)cc2)n(C2CC2)c(=O)n1CC(=O)NCc1cccc2ccccc12. The van der Waals surface area contributed by atoms with E-state index in [1.54, 1.807) is 4.57 Å². The van der Waals surface area contributed by atoms with Crippen LogP contribution in [0.3, 0.4) is 0 Å². The monoisotopic (exact) mass is 445 g/mol. The molecule has 5 nitrogen and oxygen atoms in total. The molecular weight excluding hydrogens is 422 g/mol. The van der Waals surface area contributed by atoms with E-state index >= 15 is 0 Å². The summed E-state index contributed by atoms with van der Waals surface area (Å²) in [4.78, 5) is 26.1. The van der Waals surface area contributed by atoms with Crippen LogP contribution < -0.4 is 11.0 Å². The van der Waals surface area contributed by atoms with E-state index in [9.17, 15) is 9.59 Å². The second kappa shape index (κ2) is 8.32. The Morgan fingerprint density at radius 3 is 2.50 bits per heavy atom. The summed E-state index contributed by atoms with van der Waals surface area (Å²) in [6, 6.07) is 21.9. The van der Waals surface area contributed by atoms with Gasteiger partial charge in [0.1, 0.15) is 6.54 Å². The fourth-order valence-electron chi connectivity index (χ4n) is 4.32. The number of fused-ring (bicyclic) bond motifs is 1. The lowest BCUT2D eigenvalue weighted by Crippen LogP contribution is -2.33. The predicted molar refractivity (Wildman–Crippen MR) is 128 cm³/mol. The molecule has 162 valence electrons. The number of aromatic nitrogens is 2. The summed E-state index contributed by atoms with van der Waals surface area (Å²) >= 11 is 6.05. The fourth-order valence-corrected chi connectivity index (χ4v) is 4.45. The minimum atomic E-state index is -0.182. The van der Waals surface area contributed by atoms with E-state index in [4.69, 9.17) is 11.6 Å². The van der Waals surface area contributed by atoms with Gasteiger partial charge in [-0.25, -0.2) is 4.79 Å². The van der Waals surface area contributed by atoms with Crippen molar-refractivity contribution in [1.82, 2.24) is 14.5 Å². The highest BCUT2D eigenvalue weighted by Crippen LogP contribution is 2.38. The summed E-state index contributed by atoms with van der Waals surface area (Å²) < 4.78 is 3.43. The van der Waals surface area contributed by atoms with Crippen LogP contribution in [0, 0.1) is 6.92 Å². The Morgan fingerprint density at radius 2 is 1.75 bits per heavy atom. The van der Waals surface area contributed by atoms with Crippen molar-refractivity contribution < 1.29 is 4.79 Å². The van der Waals surface area contributed by atoms with E-state index in [0.717, 1.165) is 46.1 Å². The third-order valence-corrected chi connectivity index (χ3v) is 6.36. The van der Waals surface area contributed by atoms with Gasteiger partial charge in [0, 0.05) is 28.9 Å². The maximum atomic E-state index is 13.2. The maximum Gasteiger partial charge on any atom is 0.329 e. The van der Waals surface area contributed by atoms with Gasteiger partial charge in [0.15, 0.2) is 0 Å². The molecule has 1 aliphatic rings. The summed E-state index contributed by atoms with van der Waals surface area (Å²) in [6.45, 7) is 2.32. The van der Waals surface area contributed by atoms with Gasteiger partial charge in [-0.15, -0.1) is 0 Å². The van der Waals surface area contributed by atoms with E-state index in [1.807, 2.05) is 60.0 Å². The minimum Gasteiger partial charge on any atom is -0.350 e. The van der Waals surface area contributed by atoms with Crippen molar-refractivity contribution in [3.8, 4) is 11.3 Å². The third-order valence-electron chi connectivity index (χ3n) is 6.11. The van der Waals surface area contributed by atoms with Crippen LogP contribution in [0.2, 0.25) is 5.02 Å². The van der Waals surface area contributed by atoms with Crippen molar-refractivity contribution in [2.45, 2.75) is 38.9 Å². The van der Waals surface area contributed by atoms with Crippen LogP contribution in [0.15, 0.2) is 71.5 Å². The number of nitrogens with zero attached hydrogens (tertiary/aromatic N) is 2. The number of hydrogen-bond donors (Lipinski definition) is 1. The molecule has 6 heteroatoms. The van der Waals surface area contributed by atoms with Gasteiger partial charge < -0.3 is 5.32 Å². The zero-order chi connectivity index (χ0) is 22.2. The quantitative estimate of drug-likeness (QED) is 0.449. The maximum absolute atomic E-state index is 13.2. The molecule has 4 aromatic rings. The molecule has 0 aliphatic heterocycles. The molecule has 0 unspecified atom stereocenters. The smallest absolute Gasteiger partial charge is 0.329 e. The third kappa shape index (κ3) is 3.84. The predicted octanol–water partition coefficient (Wildman–Crippen LogP) is 5.08. The molecule has 1 fully saturated rings. The molecule has 1 N–H and O–H groups in total. The number of imidazole rings is 1. The molecule has 0 saturated heterocycles. The number of nitrogens with one attached hydrogen (secondary N) is 1. The topological polar surface area (TPSA) is 56.0 Å². The zero-order valence-corrected chi connectivity index (χ0v) is 18.6. The molecule has 0 spiro atoms.